The highest BCUT2D eigenvalue weighted by atomic mass is 35.5. The van der Waals surface area contributed by atoms with Crippen molar-refractivity contribution in [2.45, 2.75) is 6.92 Å². The summed E-state index contributed by atoms with van der Waals surface area (Å²) in [5.74, 6) is 0. The number of hydrogen-bond acceptors (Lipinski definition) is 1. The molecule has 0 aliphatic carbocycles. The van der Waals surface area contributed by atoms with Gasteiger partial charge in [-0.2, -0.15) is 0 Å². The first-order chi connectivity index (χ1) is 9.24. The summed E-state index contributed by atoms with van der Waals surface area (Å²) in [4.78, 5) is 3.21. The molecule has 2 aromatic carbocycles. The molecular formula is C16H14Cl2N2. The van der Waals surface area contributed by atoms with Gasteiger partial charge in [-0.1, -0.05) is 29.8 Å². The van der Waals surface area contributed by atoms with Crippen molar-refractivity contribution in [3.05, 3.63) is 65.3 Å². The van der Waals surface area contributed by atoms with Crippen molar-refractivity contribution in [3.63, 3.8) is 0 Å². The van der Waals surface area contributed by atoms with Gasteiger partial charge in [0.2, 0.25) is 5.52 Å². The first kappa shape index (κ1) is 14.6. The number of anilines is 2. The molecule has 0 atom stereocenters. The number of nitrogens with one attached hydrogen (secondary N) is 2. The predicted molar refractivity (Wildman–Crippen MR) is 80.0 cm³/mol. The van der Waals surface area contributed by atoms with E-state index in [1.165, 1.54) is 5.56 Å². The molecule has 3 aromatic rings. The number of H-pyrrole nitrogens is 1. The molecule has 0 aliphatic rings. The number of rotatable bonds is 2. The molecule has 0 saturated carbocycles. The monoisotopic (exact) mass is 304 g/mol. The Morgan fingerprint density at radius 1 is 1.00 bits per heavy atom. The number of halogens is 2. The summed E-state index contributed by atoms with van der Waals surface area (Å²) < 4.78 is 0. The Hall–Kier alpha value is -1.77. The normalized spacial score (nSPS) is 10.1. The SMILES string of the molecule is Cc1ccccc1Nc1cc[nH+]c2cc(Cl)ccc12.[Cl-]. The van der Waals surface area contributed by atoms with E-state index in [9.17, 15) is 0 Å². The number of aromatic amines is 1. The van der Waals surface area contributed by atoms with Crippen molar-refractivity contribution in [3.8, 4) is 0 Å². The molecule has 2 N–H and O–H groups in total. The molecule has 2 nitrogen and oxygen atoms in total. The first-order valence-corrected chi connectivity index (χ1v) is 6.54. The van der Waals surface area contributed by atoms with E-state index >= 15 is 0 Å². The van der Waals surface area contributed by atoms with Crippen molar-refractivity contribution >= 4 is 33.9 Å². The van der Waals surface area contributed by atoms with E-state index in [0.717, 1.165) is 27.3 Å². The van der Waals surface area contributed by atoms with Crippen LogP contribution in [0.1, 0.15) is 5.56 Å². The first-order valence-electron chi connectivity index (χ1n) is 6.17. The van der Waals surface area contributed by atoms with Crippen LogP contribution in [-0.4, -0.2) is 0 Å². The molecule has 0 amide bonds. The van der Waals surface area contributed by atoms with E-state index in [0.29, 0.717) is 0 Å². The summed E-state index contributed by atoms with van der Waals surface area (Å²) in [5.41, 5.74) is 4.42. The van der Waals surface area contributed by atoms with Crippen molar-refractivity contribution < 1.29 is 17.4 Å². The lowest BCUT2D eigenvalue weighted by Gasteiger charge is -2.10. The predicted octanol–water partition coefficient (Wildman–Crippen LogP) is 1.36. The van der Waals surface area contributed by atoms with Crippen LogP contribution in [0.5, 0.6) is 0 Å². The molecule has 4 heteroatoms. The van der Waals surface area contributed by atoms with E-state index in [1.54, 1.807) is 0 Å². The third kappa shape index (κ3) is 2.87. The van der Waals surface area contributed by atoms with Gasteiger partial charge in [0.05, 0.1) is 11.1 Å². The zero-order chi connectivity index (χ0) is 13.2. The Labute approximate surface area is 129 Å². The maximum Gasteiger partial charge on any atom is 0.214 e. The second-order valence-electron chi connectivity index (χ2n) is 4.52. The highest BCUT2D eigenvalue weighted by molar-refractivity contribution is 6.31. The molecule has 20 heavy (non-hydrogen) atoms. The van der Waals surface area contributed by atoms with Gasteiger partial charge >= 0.3 is 0 Å². The van der Waals surface area contributed by atoms with Crippen LogP contribution in [0, 0.1) is 6.92 Å². The minimum atomic E-state index is 0. The van der Waals surface area contributed by atoms with Gasteiger partial charge in [-0.15, -0.1) is 0 Å². The van der Waals surface area contributed by atoms with Gasteiger partial charge in [0.1, 0.15) is 0 Å². The average molecular weight is 305 g/mol. The molecule has 1 aromatic heterocycles. The minimum Gasteiger partial charge on any atom is -1.00 e. The maximum atomic E-state index is 6.02. The zero-order valence-corrected chi connectivity index (χ0v) is 12.5. The third-order valence-corrected chi connectivity index (χ3v) is 3.41. The molecule has 1 heterocycles. The second-order valence-corrected chi connectivity index (χ2v) is 4.96. The molecule has 3 rings (SSSR count). The van der Waals surface area contributed by atoms with Gasteiger partial charge in [-0.25, -0.2) is 4.98 Å². The molecule has 0 fully saturated rings. The van der Waals surface area contributed by atoms with Crippen LogP contribution in [-0.2, 0) is 0 Å². The van der Waals surface area contributed by atoms with Crippen LogP contribution in [0.4, 0.5) is 11.4 Å². The topological polar surface area (TPSA) is 26.2 Å². The lowest BCUT2D eigenvalue weighted by atomic mass is 10.1. The number of hydrogen-bond donors (Lipinski definition) is 1. The average Bonchev–Trinajstić information content (AvgIpc) is 2.41. The molecule has 0 aliphatic heterocycles. The molecule has 102 valence electrons. The third-order valence-electron chi connectivity index (χ3n) is 3.18. The van der Waals surface area contributed by atoms with Gasteiger partial charge in [0.15, 0.2) is 6.20 Å². The number of aryl methyl sites for hydroxylation is 1. The van der Waals surface area contributed by atoms with Crippen molar-refractivity contribution in [2.24, 2.45) is 0 Å². The fourth-order valence-corrected chi connectivity index (χ4v) is 2.31. The van der Waals surface area contributed by atoms with E-state index in [4.69, 9.17) is 11.6 Å². The van der Waals surface area contributed by atoms with Crippen LogP contribution in [0.25, 0.3) is 10.9 Å². The van der Waals surface area contributed by atoms with Crippen LogP contribution in [0.15, 0.2) is 54.7 Å². The minimum absolute atomic E-state index is 0. The largest absolute Gasteiger partial charge is 1.00 e. The van der Waals surface area contributed by atoms with Crippen LogP contribution in [0.3, 0.4) is 0 Å². The summed E-state index contributed by atoms with van der Waals surface area (Å²) in [6, 6.07) is 16.1. The van der Waals surface area contributed by atoms with Crippen LogP contribution < -0.4 is 22.7 Å². The fourth-order valence-electron chi connectivity index (χ4n) is 2.14. The molecule has 0 saturated heterocycles. The van der Waals surface area contributed by atoms with E-state index < -0.39 is 0 Å². The van der Waals surface area contributed by atoms with Crippen molar-refractivity contribution in [2.75, 3.05) is 5.32 Å². The Bertz CT molecular complexity index is 741. The standard InChI is InChI=1S/C16H13ClN2.ClH/c1-11-4-2-3-5-14(11)19-15-8-9-18-16-10-12(17)6-7-13(15)16;/h2-10H,1H3,(H,18,19);1H. The van der Waals surface area contributed by atoms with Crippen LogP contribution in [0.2, 0.25) is 5.02 Å². The Morgan fingerprint density at radius 3 is 2.60 bits per heavy atom. The smallest absolute Gasteiger partial charge is 0.214 e. The van der Waals surface area contributed by atoms with Crippen LogP contribution >= 0.6 is 11.6 Å². The Kier molecular flexibility index (Phi) is 4.48. The Morgan fingerprint density at radius 2 is 1.80 bits per heavy atom. The van der Waals surface area contributed by atoms with E-state index in [1.807, 2.05) is 42.6 Å². The van der Waals surface area contributed by atoms with E-state index in [2.05, 4.69) is 29.4 Å². The molecular weight excluding hydrogens is 291 g/mol. The maximum absolute atomic E-state index is 6.02. The quantitative estimate of drug-likeness (QED) is 0.760. The van der Waals surface area contributed by atoms with Crippen molar-refractivity contribution in [1.29, 1.82) is 0 Å². The number of fused-ring (bicyclic) bond motifs is 1. The number of aromatic nitrogens is 1. The lowest BCUT2D eigenvalue weighted by molar-refractivity contribution is -0.344. The Balaban J connectivity index is 0.00000147. The van der Waals surface area contributed by atoms with Crippen molar-refractivity contribution in [1.82, 2.24) is 0 Å². The van der Waals surface area contributed by atoms with Gasteiger partial charge < -0.3 is 17.7 Å². The van der Waals surface area contributed by atoms with E-state index in [-0.39, 0.29) is 12.4 Å². The highest BCUT2D eigenvalue weighted by Crippen LogP contribution is 2.26. The molecule has 0 spiro atoms. The number of benzene rings is 2. The molecule has 0 bridgehead atoms. The van der Waals surface area contributed by atoms with Gasteiger partial charge in [0, 0.05) is 22.8 Å². The summed E-state index contributed by atoms with van der Waals surface area (Å²) in [5, 5.41) is 5.33. The van der Waals surface area contributed by atoms with Gasteiger partial charge in [0.25, 0.3) is 0 Å². The number of pyridine rings is 1. The summed E-state index contributed by atoms with van der Waals surface area (Å²) in [7, 11) is 0. The molecule has 0 unspecified atom stereocenters. The summed E-state index contributed by atoms with van der Waals surface area (Å²) in [6.45, 7) is 2.09. The molecule has 0 radical (unpaired) electrons. The summed E-state index contributed by atoms with van der Waals surface area (Å²) in [6.07, 6.45) is 1.92. The summed E-state index contributed by atoms with van der Waals surface area (Å²) >= 11 is 6.02. The lowest BCUT2D eigenvalue weighted by Crippen LogP contribution is -3.00. The van der Waals surface area contributed by atoms with Gasteiger partial charge in [-0.05, 0) is 30.7 Å². The fraction of sp³-hybridized carbons (Fsp3) is 0.0625. The number of para-hydroxylation sites is 1. The second kappa shape index (κ2) is 6.12. The zero-order valence-electron chi connectivity index (χ0n) is 11.0. The van der Waals surface area contributed by atoms with Gasteiger partial charge in [-0.3, -0.25) is 0 Å². The highest BCUT2D eigenvalue weighted by Gasteiger charge is 2.07.